The lowest BCUT2D eigenvalue weighted by Crippen LogP contribution is -2.37. The van der Waals surface area contributed by atoms with Crippen molar-refractivity contribution in [3.63, 3.8) is 0 Å². The van der Waals surface area contributed by atoms with Crippen molar-refractivity contribution in [3.8, 4) is 17.0 Å². The van der Waals surface area contributed by atoms with E-state index in [4.69, 9.17) is 4.74 Å². The maximum atomic E-state index is 15.6. The molecular weight excluding hydrogens is 580 g/mol. The third-order valence-electron chi connectivity index (χ3n) is 7.15. The van der Waals surface area contributed by atoms with Gasteiger partial charge in [0.15, 0.2) is 16.5 Å². The van der Waals surface area contributed by atoms with Gasteiger partial charge in [-0.15, -0.1) is 0 Å². The Hall–Kier alpha value is -4.24. The number of benzene rings is 2. The lowest BCUT2D eigenvalue weighted by molar-refractivity contribution is 0.0935. The molecule has 42 heavy (non-hydrogen) atoms. The standard InChI is InChI=1S/C27H26F4N6O4S/c1-37-9-7-14(8-10-37)12-32-26(38)25-17-4-3-16(22(30)24(17)34-35-25)21-18(29)5-6-19(23(21)31)36-42(39,40)20-11-15(28)13-33-27(20)41-2/h3-6,11,13-14,36H,7-10,12H2,1-2H3,(H,32,38)(H,34,35). The van der Waals surface area contributed by atoms with E-state index in [-0.39, 0.29) is 16.6 Å². The van der Waals surface area contributed by atoms with Crippen LogP contribution in [-0.4, -0.2) is 68.2 Å². The van der Waals surface area contributed by atoms with E-state index in [0.29, 0.717) is 18.5 Å². The molecule has 15 heteroatoms. The van der Waals surface area contributed by atoms with Gasteiger partial charge < -0.3 is 15.0 Å². The van der Waals surface area contributed by atoms with Crippen molar-refractivity contribution in [3.05, 3.63) is 65.5 Å². The molecule has 1 amide bonds. The molecule has 0 bridgehead atoms. The monoisotopic (exact) mass is 606 g/mol. The van der Waals surface area contributed by atoms with E-state index in [1.54, 1.807) is 0 Å². The maximum Gasteiger partial charge on any atom is 0.269 e. The van der Waals surface area contributed by atoms with Gasteiger partial charge in [-0.05, 0) is 57.1 Å². The molecule has 3 N–H and O–H groups in total. The molecule has 5 rings (SSSR count). The third kappa shape index (κ3) is 5.61. The number of carbonyl (C=O) groups is 1. The number of likely N-dealkylation sites (tertiary alicyclic amines) is 1. The Morgan fingerprint density at radius 1 is 1.12 bits per heavy atom. The molecule has 0 radical (unpaired) electrons. The van der Waals surface area contributed by atoms with Crippen LogP contribution in [0.1, 0.15) is 23.3 Å². The van der Waals surface area contributed by atoms with Crippen molar-refractivity contribution in [2.24, 2.45) is 5.92 Å². The first-order valence-electron chi connectivity index (χ1n) is 12.8. The Balaban J connectivity index is 1.44. The number of anilines is 1. The van der Waals surface area contributed by atoms with Gasteiger partial charge >= 0.3 is 0 Å². The highest BCUT2D eigenvalue weighted by atomic mass is 32.2. The Labute approximate surface area is 238 Å². The molecule has 10 nitrogen and oxygen atoms in total. The molecule has 2 aromatic heterocycles. The van der Waals surface area contributed by atoms with Crippen molar-refractivity contribution < 1.29 is 35.5 Å². The molecule has 0 unspecified atom stereocenters. The number of pyridine rings is 1. The number of aromatic nitrogens is 3. The maximum absolute atomic E-state index is 15.6. The topological polar surface area (TPSA) is 129 Å². The number of sulfonamides is 1. The number of hydrogen-bond donors (Lipinski definition) is 3. The average molecular weight is 607 g/mol. The highest BCUT2D eigenvalue weighted by Crippen LogP contribution is 2.36. The second-order valence-corrected chi connectivity index (χ2v) is 11.6. The van der Waals surface area contributed by atoms with E-state index in [1.807, 2.05) is 11.8 Å². The van der Waals surface area contributed by atoms with E-state index in [2.05, 4.69) is 25.4 Å². The summed E-state index contributed by atoms with van der Waals surface area (Å²) in [5.41, 5.74) is -2.53. The van der Waals surface area contributed by atoms with Crippen LogP contribution in [0.4, 0.5) is 23.2 Å². The van der Waals surface area contributed by atoms with Crippen LogP contribution in [0.25, 0.3) is 22.0 Å². The minimum Gasteiger partial charge on any atom is -0.480 e. The largest absolute Gasteiger partial charge is 0.480 e. The van der Waals surface area contributed by atoms with Gasteiger partial charge in [-0.3, -0.25) is 14.6 Å². The number of hydrogen-bond acceptors (Lipinski definition) is 7. The van der Waals surface area contributed by atoms with Gasteiger partial charge in [0.2, 0.25) is 5.88 Å². The number of rotatable bonds is 8. The fourth-order valence-corrected chi connectivity index (χ4v) is 6.03. The summed E-state index contributed by atoms with van der Waals surface area (Å²) in [6.07, 6.45) is 2.59. The molecule has 2 aromatic carbocycles. The van der Waals surface area contributed by atoms with Crippen LogP contribution in [0, 0.1) is 29.2 Å². The molecule has 0 saturated carbocycles. The average Bonchev–Trinajstić information content (AvgIpc) is 3.40. The summed E-state index contributed by atoms with van der Waals surface area (Å²) in [6, 6.07) is 4.51. The molecule has 0 atom stereocenters. The summed E-state index contributed by atoms with van der Waals surface area (Å²) in [5.74, 6) is -5.42. The fourth-order valence-electron chi connectivity index (χ4n) is 4.84. The second kappa shape index (κ2) is 11.6. The number of halogens is 4. The van der Waals surface area contributed by atoms with Crippen molar-refractivity contribution in [1.82, 2.24) is 25.4 Å². The normalized spacial score (nSPS) is 14.7. The predicted octanol–water partition coefficient (Wildman–Crippen LogP) is 4.06. The first-order valence-corrected chi connectivity index (χ1v) is 14.3. The first kappa shape index (κ1) is 29.3. The summed E-state index contributed by atoms with van der Waals surface area (Å²) in [6.45, 7) is 2.28. The van der Waals surface area contributed by atoms with E-state index in [0.717, 1.165) is 57.4 Å². The number of carbonyl (C=O) groups excluding carboxylic acids is 1. The summed E-state index contributed by atoms with van der Waals surface area (Å²) in [4.78, 5) is 17.8. The van der Waals surface area contributed by atoms with Crippen LogP contribution in [0.5, 0.6) is 5.88 Å². The van der Waals surface area contributed by atoms with E-state index < -0.39 is 66.8 Å². The predicted molar refractivity (Wildman–Crippen MR) is 146 cm³/mol. The summed E-state index contributed by atoms with van der Waals surface area (Å²) < 4.78 is 92.4. The first-order chi connectivity index (χ1) is 20.0. The molecular formula is C27H26F4N6O4S. The smallest absolute Gasteiger partial charge is 0.269 e. The lowest BCUT2D eigenvalue weighted by Gasteiger charge is -2.28. The van der Waals surface area contributed by atoms with Gasteiger partial charge in [0.05, 0.1) is 24.6 Å². The van der Waals surface area contributed by atoms with Crippen molar-refractivity contribution >= 4 is 32.5 Å². The number of nitrogens with zero attached hydrogens (tertiary/aromatic N) is 3. The highest BCUT2D eigenvalue weighted by Gasteiger charge is 2.27. The SMILES string of the molecule is COc1ncc(F)cc1S(=O)(=O)Nc1ccc(F)c(-c2ccc3c(C(=O)NCC4CCN(C)CC4)[nH]nc3c2F)c1F. The Bertz CT molecular complexity index is 1770. The molecule has 222 valence electrons. The molecule has 1 saturated heterocycles. The van der Waals surface area contributed by atoms with Gasteiger partial charge in [0.1, 0.15) is 22.8 Å². The number of piperidine rings is 1. The molecule has 0 aliphatic carbocycles. The van der Waals surface area contributed by atoms with Crippen LogP contribution >= 0.6 is 0 Å². The fraction of sp³-hybridized carbons (Fsp3) is 0.296. The van der Waals surface area contributed by atoms with Gasteiger partial charge in [0, 0.05) is 23.6 Å². The molecule has 0 spiro atoms. The molecule has 3 heterocycles. The second-order valence-electron chi connectivity index (χ2n) is 9.93. The number of ether oxygens (including phenoxy) is 1. The van der Waals surface area contributed by atoms with Crippen molar-refractivity contribution in [2.75, 3.05) is 38.5 Å². The number of methoxy groups -OCH3 is 1. The molecule has 1 aliphatic heterocycles. The molecule has 4 aromatic rings. The van der Waals surface area contributed by atoms with Crippen molar-refractivity contribution in [2.45, 2.75) is 17.7 Å². The van der Waals surface area contributed by atoms with Crippen LogP contribution in [0.3, 0.4) is 0 Å². The van der Waals surface area contributed by atoms with Gasteiger partial charge in [-0.1, -0.05) is 6.07 Å². The van der Waals surface area contributed by atoms with Crippen LogP contribution < -0.4 is 14.8 Å². The highest BCUT2D eigenvalue weighted by molar-refractivity contribution is 7.92. The Morgan fingerprint density at radius 2 is 1.86 bits per heavy atom. The zero-order chi connectivity index (χ0) is 30.2. The molecule has 1 aliphatic rings. The van der Waals surface area contributed by atoms with Gasteiger partial charge in [0.25, 0.3) is 15.9 Å². The third-order valence-corrected chi connectivity index (χ3v) is 8.51. The Morgan fingerprint density at radius 3 is 2.57 bits per heavy atom. The minimum absolute atomic E-state index is 0.0107. The Kier molecular flexibility index (Phi) is 8.06. The van der Waals surface area contributed by atoms with Crippen LogP contribution in [0.2, 0.25) is 0 Å². The van der Waals surface area contributed by atoms with E-state index in [1.165, 1.54) is 6.07 Å². The zero-order valence-corrected chi connectivity index (χ0v) is 23.3. The lowest BCUT2D eigenvalue weighted by atomic mass is 9.97. The number of nitrogens with one attached hydrogen (secondary N) is 3. The van der Waals surface area contributed by atoms with Gasteiger partial charge in [-0.25, -0.2) is 31.0 Å². The summed E-state index contributed by atoms with van der Waals surface area (Å²) in [7, 11) is -1.54. The number of aromatic amines is 1. The van der Waals surface area contributed by atoms with E-state index in [9.17, 15) is 22.0 Å². The summed E-state index contributed by atoms with van der Waals surface area (Å²) >= 11 is 0. The number of fused-ring (bicyclic) bond motifs is 1. The van der Waals surface area contributed by atoms with Gasteiger partial charge in [-0.2, -0.15) is 5.10 Å². The quantitative estimate of drug-likeness (QED) is 0.258. The number of amides is 1. The van der Waals surface area contributed by atoms with Crippen LogP contribution in [0.15, 0.2) is 41.4 Å². The summed E-state index contributed by atoms with van der Waals surface area (Å²) in [5, 5.41) is 9.28. The van der Waals surface area contributed by atoms with Crippen LogP contribution in [-0.2, 0) is 10.0 Å². The van der Waals surface area contributed by atoms with E-state index >= 15 is 8.78 Å². The zero-order valence-electron chi connectivity index (χ0n) is 22.5. The number of H-pyrrole nitrogens is 1. The van der Waals surface area contributed by atoms with Crippen molar-refractivity contribution in [1.29, 1.82) is 0 Å². The molecule has 1 fully saturated rings. The minimum atomic E-state index is -4.68.